The Balaban J connectivity index is 1.78. The van der Waals surface area contributed by atoms with Crippen LogP contribution in [0.1, 0.15) is 16.0 Å². The molecule has 0 atom stereocenters. The van der Waals surface area contributed by atoms with Crippen molar-refractivity contribution in [3.63, 3.8) is 0 Å². The number of alkyl halides is 3. The number of aryl methyl sites for hydroxylation is 2. The predicted molar refractivity (Wildman–Crippen MR) is 110 cm³/mol. The molecule has 0 aliphatic heterocycles. The molecule has 3 aromatic rings. The lowest BCUT2D eigenvalue weighted by molar-refractivity contribution is -0.137. The Morgan fingerprint density at radius 3 is 2.69 bits per heavy atom. The van der Waals surface area contributed by atoms with E-state index in [1.807, 2.05) is 13.8 Å². The van der Waals surface area contributed by atoms with Crippen LogP contribution in [0.25, 0.3) is 10.2 Å². The van der Waals surface area contributed by atoms with Gasteiger partial charge in [0.05, 0.1) is 27.4 Å². The Morgan fingerprint density at radius 1 is 1.34 bits per heavy atom. The Hall–Kier alpha value is -2.04. The highest BCUT2D eigenvalue weighted by atomic mass is 35.5. The maximum absolute atomic E-state index is 12.8. The van der Waals surface area contributed by atoms with Crippen molar-refractivity contribution >= 4 is 56.5 Å². The van der Waals surface area contributed by atoms with Gasteiger partial charge in [-0.3, -0.25) is 14.2 Å². The summed E-state index contributed by atoms with van der Waals surface area (Å²) in [6.45, 7) is 3.76. The standard InChI is InChI=1S/C18H15ClF3N3O2S2/c1-8-9(2)29-15-14(8)16(27)25(3)17(24-15)28-7-13(26)23-12-6-10(18(20,21)22)4-5-11(12)19/h4-6H,7H2,1-3H3,(H,23,26). The summed E-state index contributed by atoms with van der Waals surface area (Å²) in [5.74, 6) is -0.717. The summed E-state index contributed by atoms with van der Waals surface area (Å²) in [4.78, 5) is 30.8. The summed E-state index contributed by atoms with van der Waals surface area (Å²) < 4.78 is 39.9. The summed E-state index contributed by atoms with van der Waals surface area (Å²) >= 11 is 8.30. The number of thiophene rings is 1. The zero-order valence-corrected chi connectivity index (χ0v) is 17.9. The highest BCUT2D eigenvalue weighted by Gasteiger charge is 2.31. The molecule has 11 heteroatoms. The van der Waals surface area contributed by atoms with Crippen molar-refractivity contribution in [2.75, 3.05) is 11.1 Å². The third kappa shape index (κ3) is 4.44. The second-order valence-corrected chi connectivity index (χ2v) is 8.80. The molecule has 1 N–H and O–H groups in total. The molecule has 3 rings (SSSR count). The quantitative estimate of drug-likeness (QED) is 0.438. The van der Waals surface area contributed by atoms with Gasteiger partial charge in [-0.25, -0.2) is 4.98 Å². The number of aromatic nitrogens is 2. The topological polar surface area (TPSA) is 64.0 Å². The molecule has 154 valence electrons. The molecular weight excluding hydrogens is 447 g/mol. The van der Waals surface area contributed by atoms with Crippen LogP contribution in [-0.4, -0.2) is 21.2 Å². The van der Waals surface area contributed by atoms with Crippen LogP contribution in [-0.2, 0) is 18.0 Å². The van der Waals surface area contributed by atoms with Crippen molar-refractivity contribution < 1.29 is 18.0 Å². The molecule has 5 nitrogen and oxygen atoms in total. The molecule has 1 amide bonds. The molecule has 0 radical (unpaired) electrons. The van der Waals surface area contributed by atoms with Crippen LogP contribution in [0.15, 0.2) is 28.2 Å². The minimum atomic E-state index is -4.55. The van der Waals surface area contributed by atoms with E-state index in [0.717, 1.165) is 40.4 Å². The highest BCUT2D eigenvalue weighted by molar-refractivity contribution is 7.99. The molecule has 0 unspecified atom stereocenters. The van der Waals surface area contributed by atoms with Gasteiger partial charge in [0, 0.05) is 11.9 Å². The van der Waals surface area contributed by atoms with E-state index in [0.29, 0.717) is 15.4 Å². The lowest BCUT2D eigenvalue weighted by Gasteiger charge is -2.12. The van der Waals surface area contributed by atoms with Gasteiger partial charge in [-0.2, -0.15) is 13.2 Å². The van der Waals surface area contributed by atoms with Crippen LogP contribution in [0.5, 0.6) is 0 Å². The van der Waals surface area contributed by atoms with Gasteiger partial charge in [-0.15, -0.1) is 11.3 Å². The lowest BCUT2D eigenvalue weighted by Crippen LogP contribution is -2.21. The van der Waals surface area contributed by atoms with Crippen LogP contribution < -0.4 is 10.9 Å². The fourth-order valence-corrected chi connectivity index (χ4v) is 4.61. The minimum Gasteiger partial charge on any atom is -0.324 e. The molecule has 1 aromatic carbocycles. The Morgan fingerprint density at radius 2 is 2.03 bits per heavy atom. The fourth-order valence-electron chi connectivity index (χ4n) is 2.60. The Labute approximate surface area is 176 Å². The number of fused-ring (bicyclic) bond motifs is 1. The first kappa shape index (κ1) is 21.7. The van der Waals surface area contributed by atoms with E-state index >= 15 is 0 Å². The first-order valence-electron chi connectivity index (χ1n) is 8.25. The molecule has 0 saturated heterocycles. The van der Waals surface area contributed by atoms with E-state index in [4.69, 9.17) is 11.6 Å². The third-order valence-corrected chi connectivity index (χ3v) is 6.73. The van der Waals surface area contributed by atoms with Crippen molar-refractivity contribution in [1.82, 2.24) is 9.55 Å². The number of nitrogens with one attached hydrogen (secondary N) is 1. The number of thioether (sulfide) groups is 1. The van der Waals surface area contributed by atoms with Crippen LogP contribution in [0.3, 0.4) is 0 Å². The average molecular weight is 462 g/mol. The number of rotatable bonds is 4. The molecule has 0 aliphatic rings. The van der Waals surface area contributed by atoms with Gasteiger partial charge in [0.1, 0.15) is 4.83 Å². The van der Waals surface area contributed by atoms with Crippen LogP contribution in [0.4, 0.5) is 18.9 Å². The number of amides is 1. The third-order valence-electron chi connectivity index (χ3n) is 4.27. The van der Waals surface area contributed by atoms with Crippen LogP contribution in [0, 0.1) is 13.8 Å². The van der Waals surface area contributed by atoms with Gasteiger partial charge < -0.3 is 5.32 Å². The molecule has 0 bridgehead atoms. The van der Waals surface area contributed by atoms with Crippen molar-refractivity contribution in [3.05, 3.63) is 49.6 Å². The van der Waals surface area contributed by atoms with Crippen molar-refractivity contribution in [1.29, 1.82) is 0 Å². The number of anilines is 1. The molecule has 0 aliphatic carbocycles. The number of carbonyl (C=O) groups is 1. The highest BCUT2D eigenvalue weighted by Crippen LogP contribution is 2.34. The monoisotopic (exact) mass is 461 g/mol. The number of carbonyl (C=O) groups excluding carboxylic acids is 1. The van der Waals surface area contributed by atoms with Gasteiger partial charge in [0.25, 0.3) is 5.56 Å². The van der Waals surface area contributed by atoms with Crippen molar-refractivity contribution in [2.45, 2.75) is 25.2 Å². The van der Waals surface area contributed by atoms with Crippen molar-refractivity contribution in [3.8, 4) is 0 Å². The number of halogens is 4. The van der Waals surface area contributed by atoms with Crippen LogP contribution >= 0.6 is 34.7 Å². The molecule has 0 saturated carbocycles. The maximum atomic E-state index is 12.8. The predicted octanol–water partition coefficient (Wildman–Crippen LogP) is 5.01. The fraction of sp³-hybridized carbons (Fsp3) is 0.278. The zero-order valence-electron chi connectivity index (χ0n) is 15.5. The molecule has 0 fully saturated rings. The summed E-state index contributed by atoms with van der Waals surface area (Å²) in [7, 11) is 1.56. The normalized spacial score (nSPS) is 11.8. The molecule has 2 heterocycles. The lowest BCUT2D eigenvalue weighted by atomic mass is 10.2. The molecular formula is C18H15ClF3N3O2S2. The van der Waals surface area contributed by atoms with E-state index in [1.54, 1.807) is 7.05 Å². The van der Waals surface area contributed by atoms with Crippen LogP contribution in [0.2, 0.25) is 5.02 Å². The Bertz CT molecular complexity index is 1170. The Kier molecular flexibility index (Phi) is 5.98. The SMILES string of the molecule is Cc1sc2nc(SCC(=O)Nc3cc(C(F)(F)F)ccc3Cl)n(C)c(=O)c2c1C. The van der Waals surface area contributed by atoms with E-state index in [2.05, 4.69) is 10.3 Å². The molecule has 29 heavy (non-hydrogen) atoms. The maximum Gasteiger partial charge on any atom is 0.416 e. The van der Waals surface area contributed by atoms with E-state index in [9.17, 15) is 22.8 Å². The first-order chi connectivity index (χ1) is 13.5. The summed E-state index contributed by atoms with van der Waals surface area (Å²) in [5.41, 5.74) is -0.371. The van der Waals surface area contributed by atoms with Gasteiger partial charge in [0.15, 0.2) is 5.16 Å². The second-order valence-electron chi connectivity index (χ2n) is 6.25. The van der Waals surface area contributed by atoms with E-state index in [-0.39, 0.29) is 22.0 Å². The molecule has 0 spiro atoms. The van der Waals surface area contributed by atoms with E-state index < -0.39 is 17.6 Å². The van der Waals surface area contributed by atoms with Gasteiger partial charge in [-0.1, -0.05) is 23.4 Å². The minimum absolute atomic E-state index is 0.00664. The van der Waals surface area contributed by atoms with Gasteiger partial charge in [-0.05, 0) is 37.6 Å². The zero-order chi connectivity index (χ0) is 21.5. The number of benzene rings is 1. The smallest absolute Gasteiger partial charge is 0.324 e. The summed E-state index contributed by atoms with van der Waals surface area (Å²) in [6.07, 6.45) is -4.55. The average Bonchev–Trinajstić information content (AvgIpc) is 2.92. The largest absolute Gasteiger partial charge is 0.416 e. The van der Waals surface area contributed by atoms with E-state index in [1.165, 1.54) is 15.9 Å². The molecule has 2 aromatic heterocycles. The van der Waals surface area contributed by atoms with Gasteiger partial charge in [0.2, 0.25) is 5.91 Å². The number of nitrogens with zero attached hydrogens (tertiary/aromatic N) is 2. The summed E-state index contributed by atoms with van der Waals surface area (Å²) in [5, 5.41) is 3.26. The van der Waals surface area contributed by atoms with Crippen molar-refractivity contribution in [2.24, 2.45) is 7.05 Å². The number of hydrogen-bond acceptors (Lipinski definition) is 5. The summed E-state index contributed by atoms with van der Waals surface area (Å²) in [6, 6.07) is 2.70. The second kappa shape index (κ2) is 8.00. The first-order valence-corrected chi connectivity index (χ1v) is 10.4. The number of hydrogen-bond donors (Lipinski definition) is 1. The van der Waals surface area contributed by atoms with Gasteiger partial charge >= 0.3 is 6.18 Å².